The first-order valence-corrected chi connectivity index (χ1v) is 28.4. The second kappa shape index (κ2) is 45.9. The van der Waals surface area contributed by atoms with Crippen LogP contribution < -0.4 is 5.32 Å². The molecule has 372 valence electrons. The van der Waals surface area contributed by atoms with Crippen molar-refractivity contribution in [2.75, 3.05) is 40.9 Å². The number of rotatable bonds is 49. The van der Waals surface area contributed by atoms with Crippen molar-refractivity contribution in [2.45, 2.75) is 264 Å². The minimum absolute atomic E-state index is 0.0571. The number of aliphatic hydroxyl groups excluding tert-OH is 1. The molecule has 3 unspecified atom stereocenters. The van der Waals surface area contributed by atoms with Crippen LogP contribution in [0.4, 0.5) is 0 Å². The van der Waals surface area contributed by atoms with Crippen LogP contribution in [0.2, 0.25) is 0 Å². The van der Waals surface area contributed by atoms with E-state index in [1.54, 1.807) is 6.08 Å². The first-order valence-electron chi connectivity index (χ1n) is 26.9. The van der Waals surface area contributed by atoms with E-state index in [-0.39, 0.29) is 19.1 Å². The summed E-state index contributed by atoms with van der Waals surface area (Å²) in [6.07, 6.45) is 58.2. The number of unbranched alkanes of at least 4 members (excludes halogenated alkanes) is 32. The fourth-order valence-electron chi connectivity index (χ4n) is 7.82. The van der Waals surface area contributed by atoms with Crippen molar-refractivity contribution >= 4 is 13.7 Å². The highest BCUT2D eigenvalue weighted by atomic mass is 31.2. The number of carbonyl (C=O) groups excluding carboxylic acids is 1. The lowest BCUT2D eigenvalue weighted by molar-refractivity contribution is -0.870. The summed E-state index contributed by atoms with van der Waals surface area (Å²) in [5.41, 5.74) is 0. The Morgan fingerprint density at radius 3 is 1.27 bits per heavy atom. The Hall–Kier alpha value is -1.28. The second-order valence-electron chi connectivity index (χ2n) is 19.6. The Balaban J connectivity index is 4.08. The van der Waals surface area contributed by atoms with Crippen LogP contribution in [-0.2, 0) is 18.4 Å². The normalized spacial score (nSPS) is 14.3. The maximum absolute atomic E-state index is 12.9. The van der Waals surface area contributed by atoms with Crippen molar-refractivity contribution in [3.8, 4) is 0 Å². The van der Waals surface area contributed by atoms with Gasteiger partial charge in [-0.2, -0.15) is 0 Å². The fraction of sp³-hybridized carbons (Fsp3) is 0.870. The summed E-state index contributed by atoms with van der Waals surface area (Å²) in [5, 5.41) is 13.8. The molecule has 3 N–H and O–H groups in total. The molecule has 0 aromatic rings. The maximum Gasteiger partial charge on any atom is 0.472 e. The molecule has 9 heteroatoms. The van der Waals surface area contributed by atoms with Gasteiger partial charge in [-0.15, -0.1) is 0 Å². The number of phosphoric acid groups is 1. The number of quaternary nitrogens is 1. The molecule has 0 aliphatic rings. The third kappa shape index (κ3) is 48.5. The predicted octanol–water partition coefficient (Wildman–Crippen LogP) is 15.8. The summed E-state index contributed by atoms with van der Waals surface area (Å²) in [6, 6.07) is -0.860. The molecule has 0 radical (unpaired) electrons. The largest absolute Gasteiger partial charge is 0.472 e. The number of carbonyl (C=O) groups is 1. The van der Waals surface area contributed by atoms with Crippen LogP contribution in [-0.4, -0.2) is 73.4 Å². The van der Waals surface area contributed by atoms with E-state index in [2.05, 4.69) is 43.5 Å². The summed E-state index contributed by atoms with van der Waals surface area (Å²) in [4.78, 5) is 23.2. The van der Waals surface area contributed by atoms with Crippen molar-refractivity contribution in [1.82, 2.24) is 5.32 Å². The number of hydrogen-bond donors (Lipinski definition) is 3. The third-order valence-corrected chi connectivity index (χ3v) is 13.1. The topological polar surface area (TPSA) is 105 Å². The quantitative estimate of drug-likeness (QED) is 0.0243. The summed E-state index contributed by atoms with van der Waals surface area (Å²) in [6.45, 7) is 4.79. The van der Waals surface area contributed by atoms with Gasteiger partial charge in [0.15, 0.2) is 0 Å². The van der Waals surface area contributed by atoms with Gasteiger partial charge in [-0.05, 0) is 57.8 Å². The van der Waals surface area contributed by atoms with Crippen molar-refractivity contribution in [1.29, 1.82) is 0 Å². The second-order valence-corrected chi connectivity index (χ2v) is 21.0. The minimum atomic E-state index is -4.35. The Bertz CT molecular complexity index is 1120. The van der Waals surface area contributed by atoms with Gasteiger partial charge in [0.25, 0.3) is 0 Å². The standard InChI is InChI=1S/C54H105N2O6P/c1-6-8-10-12-14-16-18-20-21-22-23-24-25-26-27-28-29-30-31-32-33-34-35-36-38-40-42-44-46-48-54(58)55-52(51-62-63(59,60)61-50-49-56(3,4)5)53(57)47-45-43-41-39-37-19-17-15-13-11-9-7-2/h22-23,37,39,45,47,52-53,57H,6-21,24-36,38,40-44,46,48-51H2,1-5H3,(H-,55,58,59,60)/p+1/b23-22-,39-37+,47-45+. The molecule has 0 heterocycles. The van der Waals surface area contributed by atoms with Gasteiger partial charge in [0.1, 0.15) is 13.2 Å². The molecule has 8 nitrogen and oxygen atoms in total. The first-order chi connectivity index (χ1) is 30.5. The smallest absolute Gasteiger partial charge is 0.387 e. The van der Waals surface area contributed by atoms with E-state index in [0.29, 0.717) is 17.4 Å². The number of nitrogens with one attached hydrogen (secondary N) is 1. The SMILES string of the molecule is CCCCCCCC/C=C/CC/C=C/C(O)C(COP(=O)(O)OCC[N+](C)(C)C)NC(=O)CCCCCCCCCCCCCCCCCCC/C=C\CCCCCCCCCC. The van der Waals surface area contributed by atoms with Crippen molar-refractivity contribution < 1.29 is 32.9 Å². The van der Waals surface area contributed by atoms with Gasteiger partial charge in [-0.3, -0.25) is 13.8 Å². The molecule has 0 bridgehead atoms. The molecule has 3 atom stereocenters. The molecule has 0 aliphatic heterocycles. The van der Waals surface area contributed by atoms with Crippen LogP contribution in [0.1, 0.15) is 251 Å². The zero-order valence-corrected chi connectivity index (χ0v) is 43.2. The zero-order chi connectivity index (χ0) is 46.4. The number of phosphoric ester groups is 1. The molecule has 0 aromatic heterocycles. The van der Waals surface area contributed by atoms with Gasteiger partial charge in [0, 0.05) is 6.42 Å². The molecule has 0 saturated heterocycles. The van der Waals surface area contributed by atoms with Crippen LogP contribution in [0.25, 0.3) is 0 Å². The molecular formula is C54H106N2O6P+. The third-order valence-electron chi connectivity index (χ3n) is 12.1. The Labute approximate surface area is 391 Å². The Morgan fingerprint density at radius 1 is 0.524 bits per heavy atom. The van der Waals surface area contributed by atoms with Crippen molar-refractivity contribution in [2.24, 2.45) is 0 Å². The van der Waals surface area contributed by atoms with E-state index in [4.69, 9.17) is 9.05 Å². The summed E-state index contributed by atoms with van der Waals surface area (Å²) >= 11 is 0. The molecule has 0 fully saturated rings. The van der Waals surface area contributed by atoms with E-state index in [1.807, 2.05) is 27.2 Å². The predicted molar refractivity (Wildman–Crippen MR) is 272 cm³/mol. The number of nitrogens with zero attached hydrogens (tertiary/aromatic N) is 1. The highest BCUT2D eigenvalue weighted by molar-refractivity contribution is 7.47. The molecule has 0 rings (SSSR count). The number of hydrogen-bond acceptors (Lipinski definition) is 5. The van der Waals surface area contributed by atoms with Gasteiger partial charge < -0.3 is 19.8 Å². The summed E-state index contributed by atoms with van der Waals surface area (Å²) in [5.74, 6) is -0.185. The number of aliphatic hydroxyl groups is 1. The zero-order valence-electron chi connectivity index (χ0n) is 42.3. The lowest BCUT2D eigenvalue weighted by atomic mass is 10.0. The Kier molecular flexibility index (Phi) is 44.9. The van der Waals surface area contributed by atoms with Gasteiger partial charge >= 0.3 is 7.82 Å². The minimum Gasteiger partial charge on any atom is -0.387 e. The lowest BCUT2D eigenvalue weighted by Gasteiger charge is -2.25. The Morgan fingerprint density at radius 2 is 0.873 bits per heavy atom. The summed E-state index contributed by atoms with van der Waals surface area (Å²) < 4.78 is 23.6. The van der Waals surface area contributed by atoms with Crippen LogP contribution in [0.3, 0.4) is 0 Å². The van der Waals surface area contributed by atoms with Crippen molar-refractivity contribution in [3.63, 3.8) is 0 Å². The van der Waals surface area contributed by atoms with Crippen LogP contribution in [0, 0.1) is 0 Å². The van der Waals surface area contributed by atoms with Crippen LogP contribution in [0.5, 0.6) is 0 Å². The highest BCUT2D eigenvalue weighted by Gasteiger charge is 2.27. The highest BCUT2D eigenvalue weighted by Crippen LogP contribution is 2.43. The van der Waals surface area contributed by atoms with Gasteiger partial charge in [0.05, 0.1) is 39.9 Å². The first kappa shape index (κ1) is 61.7. The van der Waals surface area contributed by atoms with Gasteiger partial charge in [-0.25, -0.2) is 4.57 Å². The molecule has 1 amide bonds. The van der Waals surface area contributed by atoms with Crippen LogP contribution in [0.15, 0.2) is 36.5 Å². The van der Waals surface area contributed by atoms with Crippen molar-refractivity contribution in [3.05, 3.63) is 36.5 Å². The van der Waals surface area contributed by atoms with E-state index in [9.17, 15) is 19.4 Å². The van der Waals surface area contributed by atoms with E-state index < -0.39 is 20.0 Å². The van der Waals surface area contributed by atoms with E-state index >= 15 is 0 Å². The van der Waals surface area contributed by atoms with E-state index in [0.717, 1.165) is 38.5 Å². The fourth-order valence-corrected chi connectivity index (χ4v) is 8.55. The van der Waals surface area contributed by atoms with Crippen LogP contribution >= 0.6 is 7.82 Å². The number of allylic oxidation sites excluding steroid dienone is 5. The van der Waals surface area contributed by atoms with Gasteiger partial charge in [-0.1, -0.05) is 224 Å². The lowest BCUT2D eigenvalue weighted by Crippen LogP contribution is -2.45. The average molecular weight is 910 g/mol. The molecule has 0 aromatic carbocycles. The molecule has 63 heavy (non-hydrogen) atoms. The number of amides is 1. The maximum atomic E-state index is 12.9. The monoisotopic (exact) mass is 910 g/mol. The van der Waals surface area contributed by atoms with E-state index in [1.165, 1.54) is 193 Å². The average Bonchev–Trinajstić information content (AvgIpc) is 3.24. The molecular weight excluding hydrogens is 804 g/mol. The molecule has 0 saturated carbocycles. The number of likely N-dealkylation sites (N-methyl/N-ethyl adjacent to an activating group) is 1. The van der Waals surface area contributed by atoms with Gasteiger partial charge in [0.2, 0.25) is 5.91 Å². The summed E-state index contributed by atoms with van der Waals surface area (Å²) in [7, 11) is 1.56. The molecule has 0 spiro atoms. The molecule has 0 aliphatic carbocycles.